The van der Waals surface area contributed by atoms with E-state index in [0.29, 0.717) is 24.8 Å². The Kier molecular flexibility index (Phi) is 6.11. The third-order valence-corrected chi connectivity index (χ3v) is 7.16. The van der Waals surface area contributed by atoms with E-state index in [9.17, 15) is 4.79 Å². The molecule has 7 nitrogen and oxygen atoms in total. The van der Waals surface area contributed by atoms with E-state index in [1.807, 2.05) is 18.2 Å². The van der Waals surface area contributed by atoms with Crippen LogP contribution < -0.4 is 19.7 Å². The fourth-order valence-electron chi connectivity index (χ4n) is 4.88. The van der Waals surface area contributed by atoms with E-state index in [0.717, 1.165) is 56.1 Å². The second-order valence-corrected chi connectivity index (χ2v) is 9.21. The zero-order valence-corrected chi connectivity index (χ0v) is 18.8. The molecular formula is C24H28ClN3O4. The Morgan fingerprint density at radius 2 is 1.91 bits per heavy atom. The summed E-state index contributed by atoms with van der Waals surface area (Å²) in [6, 6.07) is 9.92. The van der Waals surface area contributed by atoms with Crippen molar-refractivity contribution in [2.45, 2.75) is 31.1 Å². The lowest BCUT2D eigenvalue weighted by Gasteiger charge is -2.39. The van der Waals surface area contributed by atoms with Crippen LogP contribution in [0.2, 0.25) is 5.02 Å². The van der Waals surface area contributed by atoms with Gasteiger partial charge in [-0.3, -0.25) is 4.79 Å². The van der Waals surface area contributed by atoms with Crippen molar-refractivity contribution < 1.29 is 19.0 Å². The molecule has 0 spiro atoms. The number of halogens is 1. The second kappa shape index (κ2) is 9.16. The molecule has 32 heavy (non-hydrogen) atoms. The standard InChI is InChI=1S/C24H28ClN3O4/c25-19-2-4-22(26-14-19)28-9-5-17(6-10-28)23(29)27-15-24(7-11-30-12-8-24)18-1-3-20-21(13-18)32-16-31-20/h1-4,13-14,17H,5-12,15-16H2,(H,27,29). The summed E-state index contributed by atoms with van der Waals surface area (Å²) < 4.78 is 16.7. The zero-order valence-electron chi connectivity index (χ0n) is 18.0. The van der Waals surface area contributed by atoms with Gasteiger partial charge in [0.05, 0.1) is 5.02 Å². The molecule has 2 fully saturated rings. The highest BCUT2D eigenvalue weighted by molar-refractivity contribution is 6.30. The van der Waals surface area contributed by atoms with Crippen molar-refractivity contribution in [1.82, 2.24) is 10.3 Å². The minimum absolute atomic E-state index is 0.0206. The Balaban J connectivity index is 1.21. The Morgan fingerprint density at radius 3 is 2.66 bits per heavy atom. The van der Waals surface area contributed by atoms with Crippen LogP contribution in [-0.2, 0) is 14.9 Å². The lowest BCUT2D eigenvalue weighted by Crippen LogP contribution is -2.47. The maximum Gasteiger partial charge on any atom is 0.231 e. The SMILES string of the molecule is O=C(NCC1(c2ccc3c(c2)OCO3)CCOCC1)C1CCN(c2ccc(Cl)cn2)CC1. The smallest absolute Gasteiger partial charge is 0.231 e. The van der Waals surface area contributed by atoms with Crippen molar-refractivity contribution in [3.05, 3.63) is 47.1 Å². The first kappa shape index (κ1) is 21.3. The molecule has 170 valence electrons. The number of pyridine rings is 1. The Hall–Kier alpha value is -2.51. The van der Waals surface area contributed by atoms with Gasteiger partial charge in [-0.1, -0.05) is 17.7 Å². The molecule has 0 aliphatic carbocycles. The van der Waals surface area contributed by atoms with E-state index in [1.54, 1.807) is 6.20 Å². The summed E-state index contributed by atoms with van der Waals surface area (Å²) in [5, 5.41) is 3.91. The van der Waals surface area contributed by atoms with Gasteiger partial charge < -0.3 is 24.4 Å². The first-order valence-corrected chi connectivity index (χ1v) is 11.6. The van der Waals surface area contributed by atoms with Crippen molar-refractivity contribution in [2.24, 2.45) is 5.92 Å². The molecule has 8 heteroatoms. The van der Waals surface area contributed by atoms with Gasteiger partial charge >= 0.3 is 0 Å². The summed E-state index contributed by atoms with van der Waals surface area (Å²) in [6.45, 7) is 3.87. The maximum absolute atomic E-state index is 13.1. The van der Waals surface area contributed by atoms with Crippen molar-refractivity contribution in [1.29, 1.82) is 0 Å². The molecule has 0 saturated carbocycles. The molecule has 0 radical (unpaired) electrons. The number of carbonyl (C=O) groups excluding carboxylic acids is 1. The van der Waals surface area contributed by atoms with E-state index < -0.39 is 0 Å². The van der Waals surface area contributed by atoms with E-state index in [4.69, 9.17) is 25.8 Å². The van der Waals surface area contributed by atoms with Gasteiger partial charge in [-0.15, -0.1) is 0 Å². The number of nitrogens with one attached hydrogen (secondary N) is 1. The summed E-state index contributed by atoms with van der Waals surface area (Å²) in [6.07, 6.45) is 5.03. The highest BCUT2D eigenvalue weighted by Crippen LogP contribution is 2.40. The van der Waals surface area contributed by atoms with Gasteiger partial charge in [-0.25, -0.2) is 4.98 Å². The molecule has 1 N–H and O–H groups in total. The predicted octanol–water partition coefficient (Wildman–Crippen LogP) is 3.54. The highest BCUT2D eigenvalue weighted by atomic mass is 35.5. The maximum atomic E-state index is 13.1. The van der Waals surface area contributed by atoms with Crippen molar-refractivity contribution >= 4 is 23.3 Å². The van der Waals surface area contributed by atoms with Crippen LogP contribution in [0.3, 0.4) is 0 Å². The van der Waals surface area contributed by atoms with Crippen molar-refractivity contribution in [3.63, 3.8) is 0 Å². The Morgan fingerprint density at radius 1 is 1.12 bits per heavy atom. The number of hydrogen-bond donors (Lipinski definition) is 1. The van der Waals surface area contributed by atoms with Crippen LogP contribution in [0.1, 0.15) is 31.2 Å². The summed E-state index contributed by atoms with van der Waals surface area (Å²) >= 11 is 5.94. The third kappa shape index (κ3) is 4.36. The Bertz CT molecular complexity index is 954. The van der Waals surface area contributed by atoms with Gasteiger partial charge in [0.15, 0.2) is 11.5 Å². The van der Waals surface area contributed by atoms with Crippen LogP contribution in [0.15, 0.2) is 36.5 Å². The number of hydrogen-bond acceptors (Lipinski definition) is 6. The number of piperidine rings is 1. The molecule has 1 aromatic carbocycles. The summed E-state index contributed by atoms with van der Waals surface area (Å²) in [5.41, 5.74) is 1.03. The fourth-order valence-corrected chi connectivity index (χ4v) is 4.99. The molecule has 2 aromatic rings. The summed E-state index contributed by atoms with van der Waals surface area (Å²) in [5.74, 6) is 2.63. The molecular weight excluding hydrogens is 430 g/mol. The normalized spacial score (nSPS) is 20.2. The van der Waals surface area contributed by atoms with Gasteiger partial charge in [0.1, 0.15) is 5.82 Å². The number of aromatic nitrogens is 1. The Labute approximate surface area is 193 Å². The molecule has 5 rings (SSSR count). The van der Waals surface area contributed by atoms with Crippen LogP contribution in [0.25, 0.3) is 0 Å². The van der Waals surface area contributed by atoms with Crippen LogP contribution in [0.5, 0.6) is 11.5 Å². The van der Waals surface area contributed by atoms with Crippen LogP contribution in [0, 0.1) is 5.92 Å². The molecule has 1 aromatic heterocycles. The molecule has 3 aliphatic rings. The molecule has 1 amide bonds. The molecule has 2 saturated heterocycles. The molecule has 4 heterocycles. The third-order valence-electron chi connectivity index (χ3n) is 6.94. The first-order valence-electron chi connectivity index (χ1n) is 11.3. The van der Waals surface area contributed by atoms with Gasteiger partial charge in [0.2, 0.25) is 12.7 Å². The highest BCUT2D eigenvalue weighted by Gasteiger charge is 2.37. The number of nitrogens with zero attached hydrogens (tertiary/aromatic N) is 2. The number of ether oxygens (including phenoxy) is 3. The minimum Gasteiger partial charge on any atom is -0.454 e. The summed E-state index contributed by atoms with van der Waals surface area (Å²) in [7, 11) is 0. The first-order chi connectivity index (χ1) is 15.6. The number of benzene rings is 1. The minimum atomic E-state index is -0.150. The predicted molar refractivity (Wildman–Crippen MR) is 121 cm³/mol. The summed E-state index contributed by atoms with van der Waals surface area (Å²) in [4.78, 5) is 19.7. The van der Waals surface area contributed by atoms with Gasteiger partial charge in [-0.2, -0.15) is 0 Å². The van der Waals surface area contributed by atoms with Crippen LogP contribution in [0.4, 0.5) is 5.82 Å². The molecule has 0 atom stereocenters. The van der Waals surface area contributed by atoms with Gasteiger partial charge in [-0.05, 0) is 55.5 Å². The monoisotopic (exact) mass is 457 g/mol. The van der Waals surface area contributed by atoms with E-state index in [1.165, 1.54) is 5.56 Å². The molecule has 0 unspecified atom stereocenters. The second-order valence-electron chi connectivity index (χ2n) is 8.77. The topological polar surface area (TPSA) is 72.9 Å². The van der Waals surface area contributed by atoms with E-state index >= 15 is 0 Å². The van der Waals surface area contributed by atoms with E-state index in [-0.39, 0.29) is 24.0 Å². The van der Waals surface area contributed by atoms with Crippen molar-refractivity contribution in [3.8, 4) is 11.5 Å². The van der Waals surface area contributed by atoms with Crippen LogP contribution >= 0.6 is 11.6 Å². The van der Waals surface area contributed by atoms with Gasteiger partial charge in [0, 0.05) is 50.4 Å². The average Bonchev–Trinajstić information content (AvgIpc) is 3.32. The largest absolute Gasteiger partial charge is 0.454 e. The number of rotatable bonds is 5. The average molecular weight is 458 g/mol. The lowest BCUT2D eigenvalue weighted by atomic mass is 9.74. The molecule has 0 bridgehead atoms. The van der Waals surface area contributed by atoms with Gasteiger partial charge in [0.25, 0.3) is 0 Å². The number of carbonyl (C=O) groups is 1. The zero-order chi connectivity index (χ0) is 22.0. The van der Waals surface area contributed by atoms with Crippen LogP contribution in [-0.4, -0.2) is 50.5 Å². The fraction of sp³-hybridized carbons (Fsp3) is 0.500. The number of anilines is 1. The van der Waals surface area contributed by atoms with E-state index in [2.05, 4.69) is 27.3 Å². The quantitative estimate of drug-likeness (QED) is 0.740. The number of amides is 1. The number of fused-ring (bicyclic) bond motifs is 1. The lowest BCUT2D eigenvalue weighted by molar-refractivity contribution is -0.126. The van der Waals surface area contributed by atoms with Crippen molar-refractivity contribution in [2.75, 3.05) is 44.5 Å². The molecule has 3 aliphatic heterocycles.